The van der Waals surface area contributed by atoms with E-state index in [4.69, 9.17) is 4.74 Å². The number of rotatable bonds is 11. The molecule has 30 heavy (non-hydrogen) atoms. The molecule has 6 heteroatoms. The van der Waals surface area contributed by atoms with Gasteiger partial charge in [0.1, 0.15) is 11.8 Å². The number of nitrogens with one attached hydrogen (secondary N) is 1. The fourth-order valence-corrected chi connectivity index (χ4v) is 3.90. The Morgan fingerprint density at radius 2 is 1.87 bits per heavy atom. The van der Waals surface area contributed by atoms with Crippen LogP contribution in [0, 0.1) is 6.92 Å². The first-order valence-corrected chi connectivity index (χ1v) is 11.4. The highest BCUT2D eigenvalue weighted by Gasteiger charge is 2.28. The topological polar surface area (TPSA) is 58.6 Å². The summed E-state index contributed by atoms with van der Waals surface area (Å²) < 4.78 is 5.31. The molecular weight excluding hydrogens is 396 g/mol. The van der Waals surface area contributed by atoms with Crippen LogP contribution in [0.4, 0.5) is 0 Å². The standard InChI is InChI=1S/C24H32N2O3S/c1-5-14-25-24(28)22(6-2)26(16-19-8-7-9-20(15-19)29-4)23(27)17-30-21-12-10-18(3)11-13-21/h7-13,15,22H,5-6,14,16-17H2,1-4H3,(H,25,28). The molecule has 1 N–H and O–H groups in total. The van der Waals surface area contributed by atoms with Gasteiger partial charge < -0.3 is 15.0 Å². The molecule has 162 valence electrons. The van der Waals surface area contributed by atoms with E-state index in [1.54, 1.807) is 12.0 Å². The molecule has 2 rings (SSSR count). The molecule has 0 heterocycles. The van der Waals surface area contributed by atoms with Crippen LogP contribution in [-0.4, -0.2) is 42.2 Å². The van der Waals surface area contributed by atoms with Crippen LogP contribution in [0.25, 0.3) is 0 Å². The van der Waals surface area contributed by atoms with Crippen molar-refractivity contribution in [1.29, 1.82) is 0 Å². The number of carbonyl (C=O) groups excluding carboxylic acids is 2. The van der Waals surface area contributed by atoms with Crippen LogP contribution in [0.3, 0.4) is 0 Å². The maximum Gasteiger partial charge on any atom is 0.242 e. The summed E-state index contributed by atoms with van der Waals surface area (Å²) in [5, 5.41) is 2.94. The molecule has 2 amide bonds. The number of nitrogens with zero attached hydrogens (tertiary/aromatic N) is 1. The first kappa shape index (κ1) is 23.8. The SMILES string of the molecule is CCCNC(=O)C(CC)N(Cc1cccc(OC)c1)C(=O)CSc1ccc(C)cc1. The number of hydrogen-bond donors (Lipinski definition) is 1. The fourth-order valence-electron chi connectivity index (χ4n) is 3.12. The Labute approximate surface area is 184 Å². The average Bonchev–Trinajstić information content (AvgIpc) is 2.77. The number of ether oxygens (including phenoxy) is 1. The van der Waals surface area contributed by atoms with Crippen molar-refractivity contribution in [3.05, 3.63) is 59.7 Å². The third-order valence-electron chi connectivity index (χ3n) is 4.81. The molecule has 0 radical (unpaired) electrons. The second-order valence-corrected chi connectivity index (χ2v) is 8.24. The Morgan fingerprint density at radius 1 is 1.13 bits per heavy atom. The lowest BCUT2D eigenvalue weighted by Crippen LogP contribution is -2.49. The number of aryl methyl sites for hydroxylation is 1. The third-order valence-corrected chi connectivity index (χ3v) is 5.80. The fraction of sp³-hybridized carbons (Fsp3) is 0.417. The van der Waals surface area contributed by atoms with Crippen molar-refractivity contribution in [2.45, 2.75) is 51.1 Å². The molecule has 0 aliphatic carbocycles. The highest BCUT2D eigenvalue weighted by atomic mass is 32.2. The van der Waals surface area contributed by atoms with Crippen molar-refractivity contribution in [3.8, 4) is 5.75 Å². The molecule has 0 aromatic heterocycles. The molecule has 0 bridgehead atoms. The summed E-state index contributed by atoms with van der Waals surface area (Å²) in [5.74, 6) is 0.861. The average molecular weight is 429 g/mol. The Balaban J connectivity index is 2.20. The summed E-state index contributed by atoms with van der Waals surface area (Å²) in [5.41, 5.74) is 2.12. The van der Waals surface area contributed by atoms with E-state index in [1.807, 2.05) is 69.3 Å². The molecule has 0 saturated carbocycles. The lowest BCUT2D eigenvalue weighted by molar-refractivity contribution is -0.139. The Hall–Kier alpha value is -2.47. The zero-order valence-corrected chi connectivity index (χ0v) is 19.1. The van der Waals surface area contributed by atoms with Gasteiger partial charge in [0.15, 0.2) is 0 Å². The lowest BCUT2D eigenvalue weighted by atomic mass is 10.1. The van der Waals surface area contributed by atoms with Crippen molar-refractivity contribution in [3.63, 3.8) is 0 Å². The molecular formula is C24H32N2O3S. The Bertz CT molecular complexity index is 823. The van der Waals surface area contributed by atoms with E-state index in [9.17, 15) is 9.59 Å². The maximum absolute atomic E-state index is 13.2. The minimum absolute atomic E-state index is 0.0538. The largest absolute Gasteiger partial charge is 0.497 e. The first-order chi connectivity index (χ1) is 14.5. The van der Waals surface area contributed by atoms with Crippen LogP contribution in [0.5, 0.6) is 5.75 Å². The van der Waals surface area contributed by atoms with Crippen molar-refractivity contribution in [2.75, 3.05) is 19.4 Å². The van der Waals surface area contributed by atoms with Crippen molar-refractivity contribution in [2.24, 2.45) is 0 Å². The van der Waals surface area contributed by atoms with Gasteiger partial charge in [-0.05, 0) is 49.6 Å². The van der Waals surface area contributed by atoms with Crippen molar-refractivity contribution in [1.82, 2.24) is 10.2 Å². The van der Waals surface area contributed by atoms with Crippen LogP contribution in [0.2, 0.25) is 0 Å². The summed E-state index contributed by atoms with van der Waals surface area (Å²) in [6.45, 7) is 6.96. The van der Waals surface area contributed by atoms with Gasteiger partial charge in [-0.2, -0.15) is 0 Å². The van der Waals surface area contributed by atoms with Crippen LogP contribution in [-0.2, 0) is 16.1 Å². The van der Waals surface area contributed by atoms with E-state index in [2.05, 4.69) is 5.32 Å². The highest BCUT2D eigenvalue weighted by molar-refractivity contribution is 8.00. The van der Waals surface area contributed by atoms with Crippen LogP contribution in [0.15, 0.2) is 53.4 Å². The van der Waals surface area contributed by atoms with Crippen LogP contribution in [0.1, 0.15) is 37.8 Å². The quantitative estimate of drug-likeness (QED) is 0.538. The van der Waals surface area contributed by atoms with Gasteiger partial charge >= 0.3 is 0 Å². The van der Waals surface area contributed by atoms with E-state index in [-0.39, 0.29) is 17.6 Å². The predicted molar refractivity (Wildman–Crippen MR) is 123 cm³/mol. The molecule has 1 atom stereocenters. The molecule has 2 aromatic carbocycles. The van der Waals surface area contributed by atoms with Crippen LogP contribution < -0.4 is 10.1 Å². The van der Waals surface area contributed by atoms with Gasteiger partial charge in [-0.3, -0.25) is 9.59 Å². The molecule has 0 aliphatic heterocycles. The Kier molecular flexibility index (Phi) is 9.74. The minimum atomic E-state index is -0.506. The molecule has 0 fully saturated rings. The van der Waals surface area contributed by atoms with Gasteiger partial charge in [0.25, 0.3) is 0 Å². The van der Waals surface area contributed by atoms with Crippen molar-refractivity contribution >= 4 is 23.6 Å². The number of carbonyl (C=O) groups is 2. The molecule has 0 aliphatic rings. The summed E-state index contributed by atoms with van der Waals surface area (Å²) in [6.07, 6.45) is 1.41. The summed E-state index contributed by atoms with van der Waals surface area (Å²) in [7, 11) is 1.62. The molecule has 2 aromatic rings. The lowest BCUT2D eigenvalue weighted by Gasteiger charge is -2.30. The maximum atomic E-state index is 13.2. The van der Waals surface area contributed by atoms with Gasteiger partial charge in [0, 0.05) is 18.0 Å². The van der Waals surface area contributed by atoms with E-state index < -0.39 is 6.04 Å². The zero-order valence-electron chi connectivity index (χ0n) is 18.3. The monoisotopic (exact) mass is 428 g/mol. The Morgan fingerprint density at radius 3 is 2.50 bits per heavy atom. The van der Waals surface area contributed by atoms with Gasteiger partial charge in [-0.25, -0.2) is 0 Å². The van der Waals surface area contributed by atoms with E-state index in [1.165, 1.54) is 17.3 Å². The number of amides is 2. The highest BCUT2D eigenvalue weighted by Crippen LogP contribution is 2.22. The van der Waals surface area contributed by atoms with Crippen LogP contribution >= 0.6 is 11.8 Å². The zero-order chi connectivity index (χ0) is 21.9. The second-order valence-electron chi connectivity index (χ2n) is 7.19. The number of thioether (sulfide) groups is 1. The predicted octanol–water partition coefficient (Wildman–Crippen LogP) is 4.43. The summed E-state index contributed by atoms with van der Waals surface area (Å²) >= 11 is 1.49. The smallest absolute Gasteiger partial charge is 0.242 e. The second kappa shape index (κ2) is 12.3. The van der Waals surface area contributed by atoms with Gasteiger partial charge in [0.05, 0.1) is 12.9 Å². The summed E-state index contributed by atoms with van der Waals surface area (Å²) in [4.78, 5) is 28.7. The molecule has 5 nitrogen and oxygen atoms in total. The number of hydrogen-bond acceptors (Lipinski definition) is 4. The first-order valence-electron chi connectivity index (χ1n) is 10.4. The summed E-state index contributed by atoms with van der Waals surface area (Å²) in [6, 6.07) is 15.2. The number of benzene rings is 2. The minimum Gasteiger partial charge on any atom is -0.497 e. The normalized spacial score (nSPS) is 11.6. The molecule has 0 spiro atoms. The number of methoxy groups -OCH3 is 1. The molecule has 0 saturated heterocycles. The van der Waals surface area contributed by atoms with Gasteiger partial charge in [0.2, 0.25) is 11.8 Å². The van der Waals surface area contributed by atoms with Crippen molar-refractivity contribution < 1.29 is 14.3 Å². The van der Waals surface area contributed by atoms with E-state index in [0.717, 1.165) is 22.6 Å². The van der Waals surface area contributed by atoms with Gasteiger partial charge in [-0.1, -0.05) is 43.7 Å². The molecule has 1 unspecified atom stereocenters. The van der Waals surface area contributed by atoms with Gasteiger partial charge in [-0.15, -0.1) is 11.8 Å². The van der Waals surface area contributed by atoms with E-state index >= 15 is 0 Å². The third kappa shape index (κ3) is 7.10. The van der Waals surface area contributed by atoms with E-state index in [0.29, 0.717) is 19.5 Å².